The number of nitrogens with two attached hydrogens (primary N) is 1. The second kappa shape index (κ2) is 8.96. The van der Waals surface area contributed by atoms with Crippen LogP contribution in [0.3, 0.4) is 0 Å². The van der Waals surface area contributed by atoms with Crippen molar-refractivity contribution < 1.29 is 19.2 Å². The SMILES string of the molecule is C[C@@H](C1CC1)N(Cc1ccccc1)C(=O)CN1C(=O)N[C@]2(CCc3cc(C4(C(N)=O)CCC4)ccc32)C1=O. The minimum absolute atomic E-state index is 0.0344. The zero-order chi connectivity index (χ0) is 26.7. The maximum Gasteiger partial charge on any atom is 0.325 e. The molecule has 1 aliphatic heterocycles. The lowest BCUT2D eigenvalue weighted by molar-refractivity contribution is -0.141. The number of nitrogens with zero attached hydrogens (tertiary/aromatic N) is 2. The van der Waals surface area contributed by atoms with Gasteiger partial charge in [-0.05, 0) is 73.6 Å². The van der Waals surface area contributed by atoms with Crippen molar-refractivity contribution >= 4 is 23.8 Å². The summed E-state index contributed by atoms with van der Waals surface area (Å²) in [5.41, 5.74) is 7.56. The highest BCUT2D eigenvalue weighted by molar-refractivity contribution is 6.10. The summed E-state index contributed by atoms with van der Waals surface area (Å²) < 4.78 is 0. The van der Waals surface area contributed by atoms with Gasteiger partial charge in [0.15, 0.2) is 0 Å². The standard InChI is InChI=1S/C30H34N4O4/c1-19(21-8-9-21)33(17-20-6-3-2-4-7-20)25(35)18-34-27(37)30(32-28(34)38)15-12-22-16-23(10-11-24(22)30)29(26(31)36)13-5-14-29/h2-4,6-7,10-11,16,19,21H,5,8-9,12-15,17-18H2,1H3,(H2,31,36)(H,32,38)/t19-,30-/m0/s1. The summed E-state index contributed by atoms with van der Waals surface area (Å²) in [5.74, 6) is -0.468. The van der Waals surface area contributed by atoms with Crippen molar-refractivity contribution in [3.63, 3.8) is 0 Å². The van der Waals surface area contributed by atoms with E-state index in [2.05, 4.69) is 12.2 Å². The van der Waals surface area contributed by atoms with E-state index in [1.165, 1.54) is 0 Å². The maximum atomic E-state index is 13.8. The molecule has 38 heavy (non-hydrogen) atoms. The molecule has 8 nitrogen and oxygen atoms in total. The van der Waals surface area contributed by atoms with Gasteiger partial charge in [-0.25, -0.2) is 4.79 Å². The first-order valence-electron chi connectivity index (χ1n) is 13.7. The molecule has 3 N–H and O–H groups in total. The first-order chi connectivity index (χ1) is 18.2. The first kappa shape index (κ1) is 24.6. The molecule has 1 heterocycles. The number of hydrogen-bond acceptors (Lipinski definition) is 4. The minimum atomic E-state index is -1.17. The lowest BCUT2D eigenvalue weighted by Crippen LogP contribution is -2.47. The quantitative estimate of drug-likeness (QED) is 0.527. The monoisotopic (exact) mass is 514 g/mol. The highest BCUT2D eigenvalue weighted by Crippen LogP contribution is 2.47. The van der Waals surface area contributed by atoms with E-state index >= 15 is 0 Å². The van der Waals surface area contributed by atoms with Crippen LogP contribution in [0.5, 0.6) is 0 Å². The zero-order valence-electron chi connectivity index (χ0n) is 21.7. The van der Waals surface area contributed by atoms with Crippen LogP contribution in [0.1, 0.15) is 67.7 Å². The molecule has 1 saturated heterocycles. The normalized spacial score (nSPS) is 24.1. The number of carbonyl (C=O) groups excluding carboxylic acids is 4. The van der Waals surface area contributed by atoms with Gasteiger partial charge in [-0.1, -0.05) is 55.0 Å². The van der Waals surface area contributed by atoms with E-state index in [0.717, 1.165) is 59.3 Å². The molecule has 3 fully saturated rings. The molecule has 3 aliphatic carbocycles. The number of nitrogens with one attached hydrogen (secondary N) is 1. The molecule has 2 atom stereocenters. The van der Waals surface area contributed by atoms with Gasteiger partial charge in [0.1, 0.15) is 12.1 Å². The van der Waals surface area contributed by atoms with Gasteiger partial charge >= 0.3 is 6.03 Å². The Kier molecular flexibility index (Phi) is 5.81. The third kappa shape index (κ3) is 3.80. The number of carbonyl (C=O) groups is 4. The lowest BCUT2D eigenvalue weighted by atomic mass is 9.63. The van der Waals surface area contributed by atoms with Gasteiger partial charge < -0.3 is 16.0 Å². The van der Waals surface area contributed by atoms with Crippen molar-refractivity contribution in [1.29, 1.82) is 0 Å². The summed E-state index contributed by atoms with van der Waals surface area (Å²) in [6.45, 7) is 2.21. The third-order valence-corrected chi connectivity index (χ3v) is 9.35. The predicted octanol–water partition coefficient (Wildman–Crippen LogP) is 3.11. The van der Waals surface area contributed by atoms with Crippen molar-refractivity contribution in [2.75, 3.05) is 6.54 Å². The molecule has 198 valence electrons. The summed E-state index contributed by atoms with van der Waals surface area (Å²) in [4.78, 5) is 55.6. The Balaban J connectivity index is 1.23. The number of primary amides is 1. The summed E-state index contributed by atoms with van der Waals surface area (Å²) in [6, 6.07) is 15.0. The van der Waals surface area contributed by atoms with E-state index in [4.69, 9.17) is 5.73 Å². The van der Waals surface area contributed by atoms with E-state index in [0.29, 0.717) is 25.3 Å². The summed E-state index contributed by atoms with van der Waals surface area (Å²) in [7, 11) is 0. The van der Waals surface area contributed by atoms with Crippen molar-refractivity contribution in [3.05, 3.63) is 70.8 Å². The van der Waals surface area contributed by atoms with Gasteiger partial charge in [-0.15, -0.1) is 0 Å². The topological polar surface area (TPSA) is 113 Å². The molecule has 5 amide bonds. The fraction of sp³-hybridized carbons (Fsp3) is 0.467. The maximum absolute atomic E-state index is 13.8. The Labute approximate surface area is 222 Å². The molecule has 2 saturated carbocycles. The van der Waals surface area contributed by atoms with Gasteiger partial charge in [-0.3, -0.25) is 19.3 Å². The summed E-state index contributed by atoms with van der Waals surface area (Å²) in [6.07, 6.45) is 5.63. The smallest absolute Gasteiger partial charge is 0.325 e. The molecule has 4 aliphatic rings. The minimum Gasteiger partial charge on any atom is -0.369 e. The third-order valence-electron chi connectivity index (χ3n) is 9.35. The number of rotatable bonds is 8. The van der Waals surface area contributed by atoms with E-state index in [1.807, 2.05) is 53.4 Å². The van der Waals surface area contributed by atoms with E-state index in [9.17, 15) is 19.2 Å². The van der Waals surface area contributed by atoms with Crippen LogP contribution >= 0.6 is 0 Å². The van der Waals surface area contributed by atoms with E-state index in [-0.39, 0.29) is 30.3 Å². The molecule has 8 heteroatoms. The second-order valence-corrected chi connectivity index (χ2v) is 11.5. The molecule has 1 spiro atoms. The van der Waals surface area contributed by atoms with E-state index < -0.39 is 17.0 Å². The lowest BCUT2D eigenvalue weighted by Gasteiger charge is -2.39. The molecule has 0 unspecified atom stereocenters. The Morgan fingerprint density at radius 1 is 1.11 bits per heavy atom. The molecule has 0 bridgehead atoms. The number of fused-ring (bicyclic) bond motifs is 2. The Morgan fingerprint density at radius 3 is 2.47 bits per heavy atom. The van der Waals surface area contributed by atoms with Gasteiger partial charge in [0.25, 0.3) is 5.91 Å². The van der Waals surface area contributed by atoms with Crippen LogP contribution in [0.4, 0.5) is 4.79 Å². The molecular formula is C30H34N4O4. The van der Waals surface area contributed by atoms with Crippen molar-refractivity contribution in [2.45, 2.75) is 75.4 Å². The Bertz CT molecular complexity index is 1320. The average Bonchev–Trinajstić information content (AvgIpc) is 3.63. The molecule has 2 aromatic carbocycles. The molecular weight excluding hydrogens is 480 g/mol. The molecule has 0 aromatic heterocycles. The van der Waals surface area contributed by atoms with Crippen molar-refractivity contribution in [1.82, 2.24) is 15.1 Å². The largest absolute Gasteiger partial charge is 0.369 e. The van der Waals surface area contributed by atoms with Crippen LogP contribution < -0.4 is 11.1 Å². The van der Waals surface area contributed by atoms with Gasteiger partial charge in [0, 0.05) is 12.6 Å². The number of aryl methyl sites for hydroxylation is 1. The van der Waals surface area contributed by atoms with Gasteiger partial charge in [0.05, 0.1) is 5.41 Å². The fourth-order valence-corrected chi connectivity index (χ4v) is 6.60. The van der Waals surface area contributed by atoms with Gasteiger partial charge in [0.2, 0.25) is 11.8 Å². The summed E-state index contributed by atoms with van der Waals surface area (Å²) >= 11 is 0. The highest BCUT2D eigenvalue weighted by Gasteiger charge is 2.56. The van der Waals surface area contributed by atoms with Crippen LogP contribution in [0.2, 0.25) is 0 Å². The number of urea groups is 1. The molecule has 2 aromatic rings. The van der Waals surface area contributed by atoms with Crippen LogP contribution in [0.25, 0.3) is 0 Å². The van der Waals surface area contributed by atoms with Crippen LogP contribution in [-0.2, 0) is 38.3 Å². The predicted molar refractivity (Wildman–Crippen MR) is 141 cm³/mol. The molecule has 6 rings (SSSR count). The number of hydrogen-bond donors (Lipinski definition) is 2. The summed E-state index contributed by atoms with van der Waals surface area (Å²) in [5, 5.41) is 2.93. The molecule has 0 radical (unpaired) electrons. The Hall–Kier alpha value is -3.68. The fourth-order valence-electron chi connectivity index (χ4n) is 6.60. The van der Waals surface area contributed by atoms with Crippen LogP contribution in [-0.4, -0.2) is 46.1 Å². The first-order valence-corrected chi connectivity index (χ1v) is 13.7. The number of amides is 5. The van der Waals surface area contributed by atoms with Crippen LogP contribution in [0, 0.1) is 5.92 Å². The van der Waals surface area contributed by atoms with Crippen LogP contribution in [0.15, 0.2) is 48.5 Å². The Morgan fingerprint density at radius 2 is 1.84 bits per heavy atom. The second-order valence-electron chi connectivity index (χ2n) is 11.5. The number of benzene rings is 2. The zero-order valence-corrected chi connectivity index (χ0v) is 21.7. The van der Waals surface area contributed by atoms with Crippen molar-refractivity contribution in [3.8, 4) is 0 Å². The van der Waals surface area contributed by atoms with Crippen molar-refractivity contribution in [2.24, 2.45) is 11.7 Å². The average molecular weight is 515 g/mol. The van der Waals surface area contributed by atoms with Gasteiger partial charge in [-0.2, -0.15) is 0 Å². The van der Waals surface area contributed by atoms with E-state index in [1.54, 1.807) is 0 Å². The highest BCUT2D eigenvalue weighted by atomic mass is 16.2. The number of imide groups is 1.